The number of fused-ring (bicyclic) bond motifs is 1. The van der Waals surface area contributed by atoms with Gasteiger partial charge in [-0.25, -0.2) is 0 Å². The Hall–Kier alpha value is -1.35. The van der Waals surface area contributed by atoms with Gasteiger partial charge >= 0.3 is 0 Å². The third-order valence-electron chi connectivity index (χ3n) is 4.50. The summed E-state index contributed by atoms with van der Waals surface area (Å²) in [5.41, 5.74) is 2.82. The molecule has 1 heterocycles. The highest BCUT2D eigenvalue weighted by Crippen LogP contribution is 2.27. The summed E-state index contributed by atoms with van der Waals surface area (Å²) in [5.74, 6) is 0.396. The molecular weight excluding hydrogens is 250 g/mol. The lowest BCUT2D eigenvalue weighted by Crippen LogP contribution is -2.44. The third kappa shape index (κ3) is 2.59. The molecule has 1 atom stereocenters. The summed E-state index contributed by atoms with van der Waals surface area (Å²) < 4.78 is 5.38. The lowest BCUT2D eigenvalue weighted by atomic mass is 10.0. The first-order valence-electron chi connectivity index (χ1n) is 7.74. The second-order valence-corrected chi connectivity index (χ2v) is 5.92. The van der Waals surface area contributed by atoms with Gasteiger partial charge in [0, 0.05) is 19.2 Å². The van der Waals surface area contributed by atoms with E-state index in [1.807, 2.05) is 0 Å². The Morgan fingerprint density at radius 1 is 1.30 bits per heavy atom. The van der Waals surface area contributed by atoms with Crippen molar-refractivity contribution in [2.24, 2.45) is 5.92 Å². The van der Waals surface area contributed by atoms with Crippen LogP contribution in [0, 0.1) is 5.92 Å². The van der Waals surface area contributed by atoms with E-state index in [1.165, 1.54) is 11.1 Å². The summed E-state index contributed by atoms with van der Waals surface area (Å²) >= 11 is 0. The van der Waals surface area contributed by atoms with E-state index in [-0.39, 0.29) is 5.92 Å². The van der Waals surface area contributed by atoms with E-state index < -0.39 is 0 Å². The van der Waals surface area contributed by atoms with Gasteiger partial charge in [0.05, 0.1) is 12.5 Å². The number of carbonyl (C=O) groups is 1. The Morgan fingerprint density at radius 2 is 2.00 bits per heavy atom. The lowest BCUT2D eigenvalue weighted by molar-refractivity contribution is -0.137. The molecule has 1 aromatic carbocycles. The molecule has 0 spiro atoms. The van der Waals surface area contributed by atoms with E-state index in [1.54, 1.807) is 0 Å². The second kappa shape index (κ2) is 5.96. The van der Waals surface area contributed by atoms with Gasteiger partial charge in [-0.2, -0.15) is 0 Å². The van der Waals surface area contributed by atoms with Gasteiger partial charge in [-0.3, -0.25) is 4.79 Å². The normalized spacial score (nSPS) is 21.9. The van der Waals surface area contributed by atoms with E-state index >= 15 is 0 Å². The first-order chi connectivity index (χ1) is 9.79. The minimum absolute atomic E-state index is 0.0882. The van der Waals surface area contributed by atoms with Crippen molar-refractivity contribution in [3.05, 3.63) is 35.4 Å². The van der Waals surface area contributed by atoms with Crippen LogP contribution in [0.4, 0.5) is 0 Å². The van der Waals surface area contributed by atoms with Crippen molar-refractivity contribution in [2.45, 2.75) is 38.6 Å². The summed E-state index contributed by atoms with van der Waals surface area (Å²) in [4.78, 5) is 14.8. The van der Waals surface area contributed by atoms with E-state index in [2.05, 4.69) is 36.1 Å². The van der Waals surface area contributed by atoms with Gasteiger partial charge in [0.1, 0.15) is 0 Å². The van der Waals surface area contributed by atoms with Crippen molar-refractivity contribution in [3.8, 4) is 0 Å². The number of benzene rings is 1. The van der Waals surface area contributed by atoms with Crippen molar-refractivity contribution < 1.29 is 9.53 Å². The summed E-state index contributed by atoms with van der Waals surface area (Å²) in [6.45, 7) is 4.36. The summed E-state index contributed by atoms with van der Waals surface area (Å²) in [6, 6.07) is 8.93. The van der Waals surface area contributed by atoms with Gasteiger partial charge in [0.25, 0.3) is 0 Å². The van der Waals surface area contributed by atoms with Crippen LogP contribution >= 0.6 is 0 Å². The highest BCUT2D eigenvalue weighted by Gasteiger charge is 2.34. The van der Waals surface area contributed by atoms with E-state index in [9.17, 15) is 4.79 Å². The molecule has 0 N–H and O–H groups in total. The Bertz CT molecular complexity index is 455. The van der Waals surface area contributed by atoms with Crippen LogP contribution in [0.1, 0.15) is 30.9 Å². The molecule has 3 heteroatoms. The maximum atomic E-state index is 12.7. The fraction of sp³-hybridized carbons (Fsp3) is 0.588. The van der Waals surface area contributed by atoms with Crippen LogP contribution in [0.3, 0.4) is 0 Å². The van der Waals surface area contributed by atoms with Crippen LogP contribution in [0.25, 0.3) is 0 Å². The average molecular weight is 273 g/mol. The molecule has 108 valence electrons. The lowest BCUT2D eigenvalue weighted by Gasteiger charge is -2.30. The van der Waals surface area contributed by atoms with E-state index in [0.29, 0.717) is 18.6 Å². The highest BCUT2D eigenvalue weighted by atomic mass is 16.5. The molecule has 0 radical (unpaired) electrons. The predicted molar refractivity (Wildman–Crippen MR) is 78.6 cm³/mol. The molecule has 20 heavy (non-hydrogen) atoms. The number of carbonyl (C=O) groups excluding carboxylic acids is 1. The van der Waals surface area contributed by atoms with E-state index in [4.69, 9.17) is 4.74 Å². The molecule has 1 aromatic rings. The van der Waals surface area contributed by atoms with Crippen molar-refractivity contribution in [1.29, 1.82) is 0 Å². The van der Waals surface area contributed by atoms with Gasteiger partial charge in [-0.05, 0) is 36.8 Å². The molecule has 0 unspecified atom stereocenters. The number of rotatable bonds is 4. The number of nitrogens with zero attached hydrogens (tertiary/aromatic N) is 1. The van der Waals surface area contributed by atoms with Gasteiger partial charge in [0.15, 0.2) is 0 Å². The quantitative estimate of drug-likeness (QED) is 0.843. The molecular formula is C17H23NO2. The minimum Gasteiger partial charge on any atom is -0.381 e. The molecule has 0 aromatic heterocycles. The molecule has 1 aliphatic heterocycles. The standard InChI is InChI=1S/C17H23NO2/c1-2-8-18(17(19)15-7-9-20-12-15)16-10-13-5-3-4-6-14(13)11-16/h3-6,15-16H,2,7-12H2,1H3/t15-/m0/s1. The van der Waals surface area contributed by atoms with Gasteiger partial charge in [-0.15, -0.1) is 0 Å². The van der Waals surface area contributed by atoms with Crippen LogP contribution in [0.15, 0.2) is 24.3 Å². The third-order valence-corrected chi connectivity index (χ3v) is 4.50. The predicted octanol–water partition coefficient (Wildman–Crippen LogP) is 2.43. The molecule has 1 saturated heterocycles. The van der Waals surface area contributed by atoms with Gasteiger partial charge in [0.2, 0.25) is 5.91 Å². The monoisotopic (exact) mass is 273 g/mol. The van der Waals surface area contributed by atoms with E-state index in [0.717, 1.165) is 38.8 Å². The average Bonchev–Trinajstić information content (AvgIpc) is 3.12. The zero-order valence-corrected chi connectivity index (χ0v) is 12.2. The molecule has 1 amide bonds. The minimum atomic E-state index is 0.0882. The Kier molecular flexibility index (Phi) is 4.06. The van der Waals surface area contributed by atoms with Crippen LogP contribution in [-0.4, -0.2) is 36.6 Å². The topological polar surface area (TPSA) is 29.5 Å². The fourth-order valence-electron chi connectivity index (χ4n) is 3.43. The molecule has 3 nitrogen and oxygen atoms in total. The Morgan fingerprint density at radius 3 is 2.55 bits per heavy atom. The smallest absolute Gasteiger partial charge is 0.228 e. The molecule has 3 rings (SSSR count). The van der Waals surface area contributed by atoms with Crippen molar-refractivity contribution in [2.75, 3.05) is 19.8 Å². The largest absolute Gasteiger partial charge is 0.381 e. The van der Waals surface area contributed by atoms with Crippen LogP contribution < -0.4 is 0 Å². The number of hydrogen-bond donors (Lipinski definition) is 0. The Labute approximate surface area is 120 Å². The zero-order valence-electron chi connectivity index (χ0n) is 12.2. The zero-order chi connectivity index (χ0) is 13.9. The maximum Gasteiger partial charge on any atom is 0.228 e. The Balaban J connectivity index is 1.73. The first-order valence-corrected chi connectivity index (χ1v) is 7.74. The highest BCUT2D eigenvalue weighted by molar-refractivity contribution is 5.79. The molecule has 1 fully saturated rings. The molecule has 0 bridgehead atoms. The second-order valence-electron chi connectivity index (χ2n) is 5.92. The van der Waals surface area contributed by atoms with Crippen LogP contribution in [-0.2, 0) is 22.4 Å². The van der Waals surface area contributed by atoms with Gasteiger partial charge in [-0.1, -0.05) is 31.2 Å². The summed E-state index contributed by atoms with van der Waals surface area (Å²) in [7, 11) is 0. The first kappa shape index (κ1) is 13.6. The molecule has 2 aliphatic rings. The van der Waals surface area contributed by atoms with Gasteiger partial charge < -0.3 is 9.64 Å². The van der Waals surface area contributed by atoms with Crippen LogP contribution in [0.5, 0.6) is 0 Å². The molecule has 0 saturated carbocycles. The maximum absolute atomic E-state index is 12.7. The van der Waals surface area contributed by atoms with Crippen molar-refractivity contribution in [1.82, 2.24) is 4.90 Å². The van der Waals surface area contributed by atoms with Crippen LogP contribution in [0.2, 0.25) is 0 Å². The SMILES string of the molecule is CCCN(C(=O)[C@H]1CCOC1)C1Cc2ccccc2C1. The summed E-state index contributed by atoms with van der Waals surface area (Å²) in [6.07, 6.45) is 3.93. The summed E-state index contributed by atoms with van der Waals surface area (Å²) in [5, 5.41) is 0. The molecule has 1 aliphatic carbocycles. The fourth-order valence-corrected chi connectivity index (χ4v) is 3.43. The van der Waals surface area contributed by atoms with Crippen molar-refractivity contribution >= 4 is 5.91 Å². The number of hydrogen-bond acceptors (Lipinski definition) is 2. The number of ether oxygens (including phenoxy) is 1. The van der Waals surface area contributed by atoms with Crippen molar-refractivity contribution in [3.63, 3.8) is 0 Å². The number of amides is 1.